The van der Waals surface area contributed by atoms with Crippen LogP contribution in [0, 0.1) is 5.92 Å². The number of nitrogens with one attached hydrogen (secondary N) is 1. The van der Waals surface area contributed by atoms with Gasteiger partial charge in [-0.25, -0.2) is 0 Å². The first kappa shape index (κ1) is 14.8. The van der Waals surface area contributed by atoms with Gasteiger partial charge in [0.25, 0.3) is 0 Å². The lowest BCUT2D eigenvalue weighted by molar-refractivity contribution is -0.124. The molecule has 2 rings (SSSR count). The van der Waals surface area contributed by atoms with Crippen molar-refractivity contribution in [3.05, 3.63) is 24.3 Å². The Hall–Kier alpha value is -1.59. The molecule has 1 aromatic carbocycles. The van der Waals surface area contributed by atoms with Crippen LogP contribution in [0.5, 0.6) is 0 Å². The topological polar surface area (TPSA) is 67.6 Å². The molecule has 5 nitrogen and oxygen atoms in total. The zero-order chi connectivity index (χ0) is 14.5. The summed E-state index contributed by atoms with van der Waals surface area (Å²) in [6, 6.07) is 7.09. The van der Waals surface area contributed by atoms with E-state index in [1.807, 2.05) is 12.1 Å². The monoisotopic (exact) mass is 277 g/mol. The van der Waals surface area contributed by atoms with E-state index in [1.165, 1.54) is 0 Å². The summed E-state index contributed by atoms with van der Waals surface area (Å²) in [4.78, 5) is 14.7. The molecule has 1 amide bonds. The molecule has 1 atom stereocenters. The van der Waals surface area contributed by atoms with Gasteiger partial charge in [-0.1, -0.05) is 13.8 Å². The minimum Gasteiger partial charge on any atom is -0.399 e. The van der Waals surface area contributed by atoms with Crippen molar-refractivity contribution < 1.29 is 9.53 Å². The van der Waals surface area contributed by atoms with Crippen molar-refractivity contribution in [2.75, 3.05) is 37.4 Å². The van der Waals surface area contributed by atoms with Crippen LogP contribution in [-0.2, 0) is 9.53 Å². The van der Waals surface area contributed by atoms with Gasteiger partial charge in [0.1, 0.15) is 0 Å². The lowest BCUT2D eigenvalue weighted by Crippen LogP contribution is -2.51. The minimum atomic E-state index is -0.128. The number of ether oxygens (including phenoxy) is 1. The molecular weight excluding hydrogens is 254 g/mol. The second kappa shape index (κ2) is 6.72. The average Bonchev–Trinajstić information content (AvgIpc) is 2.42. The Balaban J connectivity index is 2.04. The van der Waals surface area contributed by atoms with E-state index < -0.39 is 0 Å². The largest absolute Gasteiger partial charge is 0.399 e. The molecule has 0 aliphatic carbocycles. The number of benzene rings is 1. The SMILES string of the molecule is CC(C)C(C(=O)Nc1ccc(N)cc1)N1CCOCC1. The molecule has 1 unspecified atom stereocenters. The first-order valence-corrected chi connectivity index (χ1v) is 7.06. The fourth-order valence-corrected chi connectivity index (χ4v) is 2.53. The molecule has 20 heavy (non-hydrogen) atoms. The lowest BCUT2D eigenvalue weighted by atomic mass is 10.0. The van der Waals surface area contributed by atoms with Crippen LogP contribution in [-0.4, -0.2) is 43.2 Å². The van der Waals surface area contributed by atoms with Crippen LogP contribution in [0.3, 0.4) is 0 Å². The highest BCUT2D eigenvalue weighted by molar-refractivity contribution is 5.95. The summed E-state index contributed by atoms with van der Waals surface area (Å²) in [7, 11) is 0. The first-order valence-electron chi connectivity index (χ1n) is 7.06. The molecule has 0 bridgehead atoms. The number of nitrogen functional groups attached to an aromatic ring is 1. The maximum absolute atomic E-state index is 12.5. The Labute approximate surface area is 120 Å². The first-order chi connectivity index (χ1) is 9.58. The average molecular weight is 277 g/mol. The molecule has 1 aliphatic rings. The van der Waals surface area contributed by atoms with Crippen LogP contribution >= 0.6 is 0 Å². The molecule has 0 spiro atoms. The summed E-state index contributed by atoms with van der Waals surface area (Å²) in [6.45, 7) is 7.14. The van der Waals surface area contributed by atoms with Crippen LogP contribution < -0.4 is 11.1 Å². The predicted molar refractivity (Wildman–Crippen MR) is 80.5 cm³/mol. The summed E-state index contributed by atoms with van der Waals surface area (Å²) in [5, 5.41) is 2.97. The van der Waals surface area contributed by atoms with Crippen LogP contribution in [0.25, 0.3) is 0 Å². The molecule has 1 aromatic rings. The third-order valence-corrected chi connectivity index (χ3v) is 3.52. The minimum absolute atomic E-state index is 0.0340. The molecule has 0 radical (unpaired) electrons. The highest BCUT2D eigenvalue weighted by Crippen LogP contribution is 2.17. The Morgan fingerprint density at radius 1 is 1.25 bits per heavy atom. The molecule has 5 heteroatoms. The number of rotatable bonds is 4. The number of morpholine rings is 1. The van der Waals surface area contributed by atoms with E-state index in [9.17, 15) is 4.79 Å². The van der Waals surface area contributed by atoms with Gasteiger partial charge in [-0.2, -0.15) is 0 Å². The number of carbonyl (C=O) groups excluding carboxylic acids is 1. The maximum atomic E-state index is 12.5. The second-order valence-electron chi connectivity index (χ2n) is 5.45. The highest BCUT2D eigenvalue weighted by Gasteiger charge is 2.30. The van der Waals surface area contributed by atoms with E-state index in [-0.39, 0.29) is 17.9 Å². The highest BCUT2D eigenvalue weighted by atomic mass is 16.5. The quantitative estimate of drug-likeness (QED) is 0.820. The molecule has 1 aliphatic heterocycles. The van der Waals surface area contributed by atoms with Crippen molar-refractivity contribution in [2.24, 2.45) is 5.92 Å². The number of carbonyl (C=O) groups is 1. The van der Waals surface area contributed by atoms with Crippen LogP contribution in [0.15, 0.2) is 24.3 Å². The van der Waals surface area contributed by atoms with E-state index in [4.69, 9.17) is 10.5 Å². The predicted octanol–water partition coefficient (Wildman–Crippen LogP) is 1.56. The van der Waals surface area contributed by atoms with E-state index >= 15 is 0 Å². The Morgan fingerprint density at radius 3 is 2.40 bits per heavy atom. The van der Waals surface area contributed by atoms with Crippen molar-refractivity contribution >= 4 is 17.3 Å². The standard InChI is InChI=1S/C15H23N3O2/c1-11(2)14(18-7-9-20-10-8-18)15(19)17-13-5-3-12(16)4-6-13/h3-6,11,14H,7-10,16H2,1-2H3,(H,17,19). The van der Waals surface area contributed by atoms with Gasteiger partial charge >= 0.3 is 0 Å². The van der Waals surface area contributed by atoms with Crippen molar-refractivity contribution in [3.63, 3.8) is 0 Å². The van der Waals surface area contributed by atoms with Gasteiger partial charge in [-0.05, 0) is 30.2 Å². The summed E-state index contributed by atoms with van der Waals surface area (Å²) < 4.78 is 5.35. The number of amides is 1. The van der Waals surface area contributed by atoms with E-state index in [1.54, 1.807) is 12.1 Å². The van der Waals surface area contributed by atoms with Crippen molar-refractivity contribution in [2.45, 2.75) is 19.9 Å². The molecule has 0 saturated carbocycles. The molecule has 0 aromatic heterocycles. The smallest absolute Gasteiger partial charge is 0.241 e. The molecule has 3 N–H and O–H groups in total. The Kier molecular flexibility index (Phi) is 4.98. The third kappa shape index (κ3) is 3.71. The van der Waals surface area contributed by atoms with Crippen molar-refractivity contribution in [3.8, 4) is 0 Å². The van der Waals surface area contributed by atoms with Gasteiger partial charge in [-0.15, -0.1) is 0 Å². The molecule has 110 valence electrons. The van der Waals surface area contributed by atoms with Crippen LogP contribution in [0.1, 0.15) is 13.8 Å². The third-order valence-electron chi connectivity index (χ3n) is 3.52. The zero-order valence-corrected chi connectivity index (χ0v) is 12.1. The van der Waals surface area contributed by atoms with Gasteiger partial charge in [0.05, 0.1) is 19.3 Å². The van der Waals surface area contributed by atoms with Gasteiger partial charge in [0.2, 0.25) is 5.91 Å². The molecular formula is C15H23N3O2. The fraction of sp³-hybridized carbons (Fsp3) is 0.533. The molecule has 1 heterocycles. The van der Waals surface area contributed by atoms with E-state index in [2.05, 4.69) is 24.1 Å². The number of anilines is 2. The van der Waals surface area contributed by atoms with Crippen molar-refractivity contribution in [1.29, 1.82) is 0 Å². The lowest BCUT2D eigenvalue weighted by Gasteiger charge is -2.35. The van der Waals surface area contributed by atoms with Gasteiger partial charge < -0.3 is 15.8 Å². The summed E-state index contributed by atoms with van der Waals surface area (Å²) in [6.07, 6.45) is 0. The van der Waals surface area contributed by atoms with E-state index in [0.29, 0.717) is 18.9 Å². The maximum Gasteiger partial charge on any atom is 0.241 e. The molecule has 1 saturated heterocycles. The Morgan fingerprint density at radius 2 is 1.85 bits per heavy atom. The molecule has 1 fully saturated rings. The number of hydrogen-bond donors (Lipinski definition) is 2. The summed E-state index contributed by atoms with van der Waals surface area (Å²) in [5.41, 5.74) is 7.12. The summed E-state index contributed by atoms with van der Waals surface area (Å²) >= 11 is 0. The summed E-state index contributed by atoms with van der Waals surface area (Å²) in [5.74, 6) is 0.286. The zero-order valence-electron chi connectivity index (χ0n) is 12.1. The number of nitrogens with two attached hydrogens (primary N) is 1. The Bertz CT molecular complexity index is 439. The van der Waals surface area contributed by atoms with Crippen molar-refractivity contribution in [1.82, 2.24) is 4.90 Å². The van der Waals surface area contributed by atoms with Crippen LogP contribution in [0.2, 0.25) is 0 Å². The normalized spacial score (nSPS) is 17.9. The second-order valence-corrected chi connectivity index (χ2v) is 5.45. The van der Waals surface area contributed by atoms with Gasteiger partial charge in [0.15, 0.2) is 0 Å². The van der Waals surface area contributed by atoms with Crippen LogP contribution in [0.4, 0.5) is 11.4 Å². The van der Waals surface area contributed by atoms with E-state index in [0.717, 1.165) is 18.8 Å². The van der Waals surface area contributed by atoms with Gasteiger partial charge in [-0.3, -0.25) is 9.69 Å². The number of hydrogen-bond acceptors (Lipinski definition) is 4. The fourth-order valence-electron chi connectivity index (χ4n) is 2.53. The van der Waals surface area contributed by atoms with Gasteiger partial charge in [0, 0.05) is 24.5 Å². The number of nitrogens with zero attached hydrogens (tertiary/aromatic N) is 1.